The summed E-state index contributed by atoms with van der Waals surface area (Å²) in [6.07, 6.45) is 33.9. The quantitative estimate of drug-likeness (QED) is 0.0462. The van der Waals surface area contributed by atoms with Gasteiger partial charge in [0.1, 0.15) is 0 Å². The Bertz CT molecular complexity index is 438. The van der Waals surface area contributed by atoms with Crippen molar-refractivity contribution in [2.75, 3.05) is 39.3 Å². The van der Waals surface area contributed by atoms with E-state index < -0.39 is 0 Å². The van der Waals surface area contributed by atoms with Crippen molar-refractivity contribution < 1.29 is 10.2 Å². The first-order valence-corrected chi connectivity index (χ1v) is 19.2. The largest absolute Gasteiger partial charge is 0.393 e. The van der Waals surface area contributed by atoms with Crippen LogP contribution >= 0.6 is 0 Å². The van der Waals surface area contributed by atoms with E-state index in [4.69, 9.17) is 0 Å². The van der Waals surface area contributed by atoms with Gasteiger partial charge in [-0.1, -0.05) is 129 Å². The summed E-state index contributed by atoms with van der Waals surface area (Å²) in [5.74, 6) is 0. The van der Waals surface area contributed by atoms with E-state index in [0.717, 1.165) is 65.0 Å². The molecule has 0 aromatic heterocycles. The number of aliphatic hydroxyl groups is 2. The van der Waals surface area contributed by atoms with Crippen LogP contribution in [0.25, 0.3) is 0 Å². The van der Waals surface area contributed by atoms with E-state index in [1.807, 2.05) is 0 Å². The minimum atomic E-state index is -0.171. The summed E-state index contributed by atoms with van der Waals surface area (Å²) < 4.78 is 0. The fourth-order valence-electron chi connectivity index (χ4n) is 5.78. The highest BCUT2D eigenvalue weighted by molar-refractivity contribution is 4.61. The minimum absolute atomic E-state index is 0.0810. The molecule has 0 radical (unpaired) electrons. The number of rotatable bonds is 37. The Morgan fingerprint density at radius 3 is 1.05 bits per heavy atom. The zero-order valence-corrected chi connectivity index (χ0v) is 28.9. The zero-order chi connectivity index (χ0) is 30.6. The van der Waals surface area contributed by atoms with Gasteiger partial charge in [0.2, 0.25) is 0 Å². The number of hydrogen-bond acceptors (Lipinski definition) is 5. The van der Waals surface area contributed by atoms with Gasteiger partial charge in [-0.25, -0.2) is 0 Å². The second-order valence-electron chi connectivity index (χ2n) is 13.2. The average Bonchev–Trinajstić information content (AvgIpc) is 2.99. The molecule has 0 aliphatic rings. The molecule has 0 heterocycles. The normalized spacial score (nSPS) is 13.1. The van der Waals surface area contributed by atoms with Crippen molar-refractivity contribution in [3.8, 4) is 0 Å². The average molecular weight is 598 g/mol. The molecule has 0 amide bonds. The predicted molar refractivity (Wildman–Crippen MR) is 187 cm³/mol. The maximum atomic E-state index is 10.2. The summed E-state index contributed by atoms with van der Waals surface area (Å²) in [5.41, 5.74) is 0. The van der Waals surface area contributed by atoms with Crippen molar-refractivity contribution in [2.24, 2.45) is 0 Å². The van der Waals surface area contributed by atoms with Crippen LogP contribution < -0.4 is 16.0 Å². The standard InChI is InChI=1S/C37H79N3O2/c1-3-5-7-9-11-13-15-19-27-36(41)28-21-26-33-39-32-23-17-22-30-38-31-24-18-25-34-40-35-37(42)29-20-16-14-12-10-8-6-4-2/h36-42H,3-35H2,1-2H3. The fraction of sp³-hybridized carbons (Fsp3) is 1.00. The Balaban J connectivity index is 3.17. The summed E-state index contributed by atoms with van der Waals surface area (Å²) in [6, 6.07) is 0. The molecule has 0 aromatic carbocycles. The Morgan fingerprint density at radius 2 is 0.619 bits per heavy atom. The first kappa shape index (κ1) is 41.8. The van der Waals surface area contributed by atoms with Gasteiger partial charge in [0.05, 0.1) is 12.2 Å². The molecule has 0 saturated carbocycles. The highest BCUT2D eigenvalue weighted by Crippen LogP contribution is 2.13. The Hall–Kier alpha value is -0.200. The molecule has 0 aliphatic heterocycles. The SMILES string of the molecule is CCCCCCCCCCC(O)CCCCNCCCCCNCCCCCNCC(O)CCCCCCCCCC. The van der Waals surface area contributed by atoms with Gasteiger partial charge in [-0.15, -0.1) is 0 Å². The van der Waals surface area contributed by atoms with E-state index >= 15 is 0 Å². The molecule has 0 aliphatic carbocycles. The van der Waals surface area contributed by atoms with Gasteiger partial charge in [-0.3, -0.25) is 0 Å². The molecule has 0 spiro atoms. The van der Waals surface area contributed by atoms with Crippen LogP contribution in [0.2, 0.25) is 0 Å². The maximum Gasteiger partial charge on any atom is 0.0664 e. The summed E-state index contributed by atoms with van der Waals surface area (Å²) in [4.78, 5) is 0. The van der Waals surface area contributed by atoms with E-state index in [2.05, 4.69) is 29.8 Å². The van der Waals surface area contributed by atoms with Gasteiger partial charge < -0.3 is 26.2 Å². The second kappa shape index (κ2) is 37.0. The molecule has 5 N–H and O–H groups in total. The molecule has 254 valence electrons. The van der Waals surface area contributed by atoms with Crippen LogP contribution in [0.15, 0.2) is 0 Å². The van der Waals surface area contributed by atoms with Gasteiger partial charge in [-0.05, 0) is 90.5 Å². The fourth-order valence-corrected chi connectivity index (χ4v) is 5.78. The van der Waals surface area contributed by atoms with E-state index in [0.29, 0.717) is 0 Å². The predicted octanol–water partition coefficient (Wildman–Crippen LogP) is 9.05. The first-order chi connectivity index (χ1) is 20.7. The van der Waals surface area contributed by atoms with Crippen LogP contribution in [0, 0.1) is 0 Å². The van der Waals surface area contributed by atoms with Gasteiger partial charge in [0.25, 0.3) is 0 Å². The first-order valence-electron chi connectivity index (χ1n) is 19.2. The van der Waals surface area contributed by atoms with E-state index in [9.17, 15) is 10.2 Å². The highest BCUT2D eigenvalue weighted by atomic mass is 16.3. The molecular weight excluding hydrogens is 518 g/mol. The monoisotopic (exact) mass is 598 g/mol. The number of hydrogen-bond donors (Lipinski definition) is 5. The molecule has 5 nitrogen and oxygen atoms in total. The van der Waals surface area contributed by atoms with Crippen molar-refractivity contribution >= 4 is 0 Å². The van der Waals surface area contributed by atoms with Gasteiger partial charge in [0.15, 0.2) is 0 Å². The van der Waals surface area contributed by atoms with Gasteiger partial charge in [0, 0.05) is 6.54 Å². The third kappa shape index (κ3) is 36.0. The summed E-state index contributed by atoms with van der Waals surface area (Å²) >= 11 is 0. The third-order valence-electron chi connectivity index (χ3n) is 8.72. The van der Waals surface area contributed by atoms with Crippen molar-refractivity contribution in [3.63, 3.8) is 0 Å². The summed E-state index contributed by atoms with van der Waals surface area (Å²) in [7, 11) is 0. The lowest BCUT2D eigenvalue weighted by Gasteiger charge is -2.12. The molecule has 0 saturated heterocycles. The van der Waals surface area contributed by atoms with Gasteiger partial charge in [-0.2, -0.15) is 0 Å². The molecule has 2 atom stereocenters. The molecule has 0 aromatic rings. The number of unbranched alkanes of at least 4 members (excludes halogenated alkanes) is 19. The lowest BCUT2D eigenvalue weighted by atomic mass is 10.0. The van der Waals surface area contributed by atoms with Crippen LogP contribution in [0.4, 0.5) is 0 Å². The van der Waals surface area contributed by atoms with Crippen molar-refractivity contribution in [2.45, 2.75) is 199 Å². The Labute approximate surface area is 264 Å². The van der Waals surface area contributed by atoms with Crippen molar-refractivity contribution in [3.05, 3.63) is 0 Å². The molecule has 0 bridgehead atoms. The minimum Gasteiger partial charge on any atom is -0.393 e. The number of aliphatic hydroxyl groups excluding tert-OH is 2. The van der Waals surface area contributed by atoms with Crippen LogP contribution in [0.3, 0.4) is 0 Å². The van der Waals surface area contributed by atoms with E-state index in [1.54, 1.807) is 0 Å². The Kier molecular flexibility index (Phi) is 36.8. The summed E-state index contributed by atoms with van der Waals surface area (Å²) in [6.45, 7) is 10.8. The molecule has 5 heteroatoms. The lowest BCUT2D eigenvalue weighted by molar-refractivity contribution is 0.147. The van der Waals surface area contributed by atoms with E-state index in [1.165, 1.54) is 148 Å². The topological polar surface area (TPSA) is 76.5 Å². The highest BCUT2D eigenvalue weighted by Gasteiger charge is 2.04. The van der Waals surface area contributed by atoms with Crippen molar-refractivity contribution in [1.82, 2.24) is 16.0 Å². The molecule has 0 rings (SSSR count). The van der Waals surface area contributed by atoms with Gasteiger partial charge >= 0.3 is 0 Å². The van der Waals surface area contributed by atoms with Crippen LogP contribution in [0.1, 0.15) is 187 Å². The second-order valence-corrected chi connectivity index (χ2v) is 13.2. The number of nitrogens with one attached hydrogen (secondary N) is 3. The lowest BCUT2D eigenvalue weighted by Crippen LogP contribution is -2.27. The van der Waals surface area contributed by atoms with E-state index in [-0.39, 0.29) is 12.2 Å². The maximum absolute atomic E-state index is 10.2. The Morgan fingerprint density at radius 1 is 0.333 bits per heavy atom. The van der Waals surface area contributed by atoms with Crippen LogP contribution in [0.5, 0.6) is 0 Å². The van der Waals surface area contributed by atoms with Crippen molar-refractivity contribution in [1.29, 1.82) is 0 Å². The van der Waals surface area contributed by atoms with Crippen LogP contribution in [-0.2, 0) is 0 Å². The molecular formula is C37H79N3O2. The summed E-state index contributed by atoms with van der Waals surface area (Å²) in [5, 5.41) is 30.9. The molecule has 42 heavy (non-hydrogen) atoms. The molecule has 2 unspecified atom stereocenters. The zero-order valence-electron chi connectivity index (χ0n) is 28.9. The molecule has 0 fully saturated rings. The third-order valence-corrected chi connectivity index (χ3v) is 8.72. The smallest absolute Gasteiger partial charge is 0.0664 e. The van der Waals surface area contributed by atoms with Crippen LogP contribution in [-0.4, -0.2) is 61.7 Å².